The molecule has 1 aromatic rings. The highest BCUT2D eigenvalue weighted by Gasteiger charge is 2.06. The maximum Gasteiger partial charge on any atom is 0.129 e. The first-order chi connectivity index (χ1) is 8.74. The van der Waals surface area contributed by atoms with Gasteiger partial charge in [-0.05, 0) is 26.6 Å². The molecule has 0 aliphatic heterocycles. The van der Waals surface area contributed by atoms with Crippen LogP contribution >= 0.6 is 0 Å². The van der Waals surface area contributed by atoms with E-state index in [2.05, 4.69) is 41.0 Å². The van der Waals surface area contributed by atoms with Gasteiger partial charge in [0.05, 0.1) is 0 Å². The molecule has 0 amide bonds. The smallest absolute Gasteiger partial charge is 0.129 e. The summed E-state index contributed by atoms with van der Waals surface area (Å²) in [6.07, 6.45) is 3.88. The van der Waals surface area contributed by atoms with E-state index in [0.29, 0.717) is 0 Å². The Bertz CT molecular complexity index is 348. The van der Waals surface area contributed by atoms with Crippen molar-refractivity contribution in [1.82, 2.24) is 20.2 Å². The van der Waals surface area contributed by atoms with E-state index >= 15 is 0 Å². The van der Waals surface area contributed by atoms with E-state index in [-0.39, 0.29) is 0 Å². The summed E-state index contributed by atoms with van der Waals surface area (Å²) in [7, 11) is 1.95. The monoisotopic (exact) mass is 250 g/mol. The molecule has 1 N–H and O–H groups in total. The molecule has 102 valence electrons. The second-order valence-electron chi connectivity index (χ2n) is 4.42. The van der Waals surface area contributed by atoms with Crippen LogP contribution in [0.15, 0.2) is 6.20 Å². The highest BCUT2D eigenvalue weighted by molar-refractivity contribution is 5.17. The van der Waals surface area contributed by atoms with Crippen molar-refractivity contribution in [2.45, 2.75) is 40.2 Å². The summed E-state index contributed by atoms with van der Waals surface area (Å²) in [5.41, 5.74) is 2.39. The van der Waals surface area contributed by atoms with Crippen molar-refractivity contribution in [1.29, 1.82) is 0 Å². The molecule has 4 heteroatoms. The van der Waals surface area contributed by atoms with Crippen LogP contribution in [0.3, 0.4) is 0 Å². The number of aromatic nitrogens is 2. The zero-order valence-electron chi connectivity index (χ0n) is 12.2. The quantitative estimate of drug-likeness (QED) is 0.761. The van der Waals surface area contributed by atoms with Gasteiger partial charge in [-0.1, -0.05) is 20.8 Å². The highest BCUT2D eigenvalue weighted by atomic mass is 15.1. The number of hydrogen-bond acceptors (Lipinski definition) is 4. The summed E-state index contributed by atoms with van der Waals surface area (Å²) in [4.78, 5) is 11.5. The Morgan fingerprint density at radius 1 is 1.22 bits per heavy atom. The summed E-state index contributed by atoms with van der Waals surface area (Å²) in [6, 6.07) is 0. The standard InChI is InChI=1S/C14H26N4/c1-5-13-12(10-15-4)11-16-14(17-13)8-9-18(6-2)7-3/h11,15H,5-10H2,1-4H3. The van der Waals surface area contributed by atoms with Gasteiger partial charge in [0.1, 0.15) is 5.82 Å². The fourth-order valence-electron chi connectivity index (χ4n) is 2.05. The van der Waals surface area contributed by atoms with Crippen LogP contribution in [0, 0.1) is 0 Å². The van der Waals surface area contributed by atoms with E-state index in [1.54, 1.807) is 0 Å². The van der Waals surface area contributed by atoms with Crippen LogP contribution in [0.2, 0.25) is 0 Å². The fraction of sp³-hybridized carbons (Fsp3) is 0.714. The molecule has 0 saturated carbocycles. The summed E-state index contributed by atoms with van der Waals surface area (Å²) < 4.78 is 0. The molecule has 0 atom stereocenters. The van der Waals surface area contributed by atoms with Gasteiger partial charge in [0.15, 0.2) is 0 Å². The van der Waals surface area contributed by atoms with Crippen LogP contribution in [0.4, 0.5) is 0 Å². The van der Waals surface area contributed by atoms with Crippen molar-refractivity contribution in [3.63, 3.8) is 0 Å². The first-order valence-electron chi connectivity index (χ1n) is 6.95. The molecule has 1 heterocycles. The van der Waals surface area contributed by atoms with E-state index in [1.165, 1.54) is 11.3 Å². The van der Waals surface area contributed by atoms with Crippen LogP contribution in [0.1, 0.15) is 37.9 Å². The van der Waals surface area contributed by atoms with E-state index in [0.717, 1.165) is 44.8 Å². The Balaban J connectivity index is 2.67. The largest absolute Gasteiger partial charge is 0.316 e. The lowest BCUT2D eigenvalue weighted by Gasteiger charge is -2.17. The molecular formula is C14H26N4. The maximum atomic E-state index is 4.67. The minimum Gasteiger partial charge on any atom is -0.316 e. The summed E-state index contributed by atoms with van der Waals surface area (Å²) in [6.45, 7) is 10.6. The zero-order chi connectivity index (χ0) is 13.4. The second-order valence-corrected chi connectivity index (χ2v) is 4.42. The van der Waals surface area contributed by atoms with Gasteiger partial charge in [-0.2, -0.15) is 0 Å². The van der Waals surface area contributed by atoms with Crippen molar-refractivity contribution in [3.05, 3.63) is 23.3 Å². The van der Waals surface area contributed by atoms with Gasteiger partial charge in [0.2, 0.25) is 0 Å². The van der Waals surface area contributed by atoms with Crippen LogP contribution in [0.5, 0.6) is 0 Å². The van der Waals surface area contributed by atoms with Crippen molar-refractivity contribution in [3.8, 4) is 0 Å². The molecule has 0 aromatic carbocycles. The van der Waals surface area contributed by atoms with Crippen LogP contribution in [-0.4, -0.2) is 41.5 Å². The first-order valence-corrected chi connectivity index (χ1v) is 6.95. The van der Waals surface area contributed by atoms with Gasteiger partial charge in [0, 0.05) is 37.0 Å². The first kappa shape index (κ1) is 15.1. The Morgan fingerprint density at radius 3 is 2.50 bits per heavy atom. The number of likely N-dealkylation sites (N-methyl/N-ethyl adjacent to an activating group) is 1. The predicted molar refractivity (Wildman–Crippen MR) is 75.7 cm³/mol. The van der Waals surface area contributed by atoms with Gasteiger partial charge in [-0.3, -0.25) is 0 Å². The van der Waals surface area contributed by atoms with Gasteiger partial charge in [-0.25, -0.2) is 9.97 Å². The van der Waals surface area contributed by atoms with E-state index < -0.39 is 0 Å². The van der Waals surface area contributed by atoms with Gasteiger partial charge >= 0.3 is 0 Å². The van der Waals surface area contributed by atoms with Gasteiger partial charge in [-0.15, -0.1) is 0 Å². The third-order valence-electron chi connectivity index (χ3n) is 3.25. The average Bonchev–Trinajstić information content (AvgIpc) is 2.41. The molecule has 0 aliphatic carbocycles. The second kappa shape index (κ2) is 8.16. The Morgan fingerprint density at radius 2 is 1.94 bits per heavy atom. The van der Waals surface area contributed by atoms with Crippen molar-refractivity contribution >= 4 is 0 Å². The minimum absolute atomic E-state index is 0.847. The minimum atomic E-state index is 0.847. The number of aryl methyl sites for hydroxylation is 1. The average molecular weight is 250 g/mol. The van der Waals surface area contributed by atoms with Crippen LogP contribution in [0.25, 0.3) is 0 Å². The predicted octanol–water partition coefficient (Wildman–Crippen LogP) is 1.64. The fourth-order valence-corrected chi connectivity index (χ4v) is 2.05. The molecule has 0 bridgehead atoms. The molecular weight excluding hydrogens is 224 g/mol. The normalized spacial score (nSPS) is 11.2. The molecule has 1 aromatic heterocycles. The highest BCUT2D eigenvalue weighted by Crippen LogP contribution is 2.07. The van der Waals surface area contributed by atoms with Crippen molar-refractivity contribution in [2.24, 2.45) is 0 Å². The molecule has 0 saturated heterocycles. The maximum absolute atomic E-state index is 4.67. The Labute approximate surface area is 111 Å². The van der Waals surface area contributed by atoms with Crippen molar-refractivity contribution in [2.75, 3.05) is 26.7 Å². The third-order valence-corrected chi connectivity index (χ3v) is 3.25. The zero-order valence-corrected chi connectivity index (χ0v) is 12.2. The molecule has 0 aliphatic rings. The summed E-state index contributed by atoms with van der Waals surface area (Å²) >= 11 is 0. The van der Waals surface area contributed by atoms with E-state index in [4.69, 9.17) is 0 Å². The molecule has 4 nitrogen and oxygen atoms in total. The van der Waals surface area contributed by atoms with Crippen LogP contribution in [-0.2, 0) is 19.4 Å². The molecule has 0 unspecified atom stereocenters. The lowest BCUT2D eigenvalue weighted by molar-refractivity contribution is 0.305. The molecule has 0 spiro atoms. The Kier molecular flexibility index (Phi) is 6.83. The topological polar surface area (TPSA) is 41.1 Å². The van der Waals surface area contributed by atoms with Gasteiger partial charge < -0.3 is 10.2 Å². The third kappa shape index (κ3) is 4.35. The molecule has 1 rings (SSSR count). The van der Waals surface area contributed by atoms with Crippen molar-refractivity contribution < 1.29 is 0 Å². The molecule has 0 radical (unpaired) electrons. The lowest BCUT2D eigenvalue weighted by atomic mass is 10.2. The summed E-state index contributed by atoms with van der Waals surface area (Å²) in [5.74, 6) is 0.971. The van der Waals surface area contributed by atoms with E-state index in [9.17, 15) is 0 Å². The molecule has 18 heavy (non-hydrogen) atoms. The number of nitrogens with zero attached hydrogens (tertiary/aromatic N) is 3. The lowest BCUT2D eigenvalue weighted by Crippen LogP contribution is -2.26. The number of nitrogens with one attached hydrogen (secondary N) is 1. The van der Waals surface area contributed by atoms with Gasteiger partial charge in [0.25, 0.3) is 0 Å². The van der Waals surface area contributed by atoms with E-state index in [1.807, 2.05) is 13.2 Å². The SMILES string of the molecule is CCc1nc(CCN(CC)CC)ncc1CNC. The molecule has 0 fully saturated rings. The number of rotatable bonds is 8. The Hall–Kier alpha value is -1.00. The number of hydrogen-bond donors (Lipinski definition) is 1. The van der Waals surface area contributed by atoms with Crippen LogP contribution < -0.4 is 5.32 Å². The summed E-state index contributed by atoms with van der Waals surface area (Å²) in [5, 5.41) is 3.16.